The molecule has 0 spiro atoms. The molecule has 2 nitrogen and oxygen atoms in total. The van der Waals surface area contributed by atoms with Crippen molar-refractivity contribution in [1.29, 1.82) is 0 Å². The summed E-state index contributed by atoms with van der Waals surface area (Å²) in [6.07, 6.45) is 0.837. The third kappa shape index (κ3) is 3.28. The second kappa shape index (κ2) is 5.80. The average Bonchev–Trinajstić information content (AvgIpc) is 2.84. The van der Waals surface area contributed by atoms with E-state index in [1.165, 1.54) is 17.0 Å². The molecule has 1 aromatic heterocycles. The molecule has 2 rings (SSSR count). The van der Waals surface area contributed by atoms with Crippen LogP contribution in [0.15, 0.2) is 35.7 Å². The van der Waals surface area contributed by atoms with Gasteiger partial charge >= 0.3 is 0 Å². The van der Waals surface area contributed by atoms with Gasteiger partial charge in [-0.25, -0.2) is 4.39 Å². The minimum Gasteiger partial charge on any atom is -0.493 e. The highest BCUT2D eigenvalue weighted by Gasteiger charge is 2.03. The van der Waals surface area contributed by atoms with Crippen LogP contribution in [0.3, 0.4) is 0 Å². The van der Waals surface area contributed by atoms with Crippen LogP contribution in [0.4, 0.5) is 4.39 Å². The highest BCUT2D eigenvalue weighted by atomic mass is 32.1. The first-order valence-corrected chi connectivity index (χ1v) is 6.22. The van der Waals surface area contributed by atoms with Crippen molar-refractivity contribution in [3.05, 3.63) is 52.0 Å². The summed E-state index contributed by atoms with van der Waals surface area (Å²) in [6.45, 7) is 0.241. The van der Waals surface area contributed by atoms with Gasteiger partial charge in [0.25, 0.3) is 0 Å². The van der Waals surface area contributed by atoms with E-state index in [1.54, 1.807) is 17.4 Å². The molecule has 0 saturated carbocycles. The van der Waals surface area contributed by atoms with Crippen LogP contribution in [-0.2, 0) is 13.0 Å². The van der Waals surface area contributed by atoms with Gasteiger partial charge in [0, 0.05) is 16.9 Å². The van der Waals surface area contributed by atoms with E-state index in [0.717, 1.165) is 6.42 Å². The fourth-order valence-corrected chi connectivity index (χ4v) is 2.18. The first-order chi connectivity index (χ1) is 8.29. The lowest BCUT2D eigenvalue weighted by atomic mass is 10.2. The molecule has 0 aliphatic rings. The summed E-state index contributed by atoms with van der Waals surface area (Å²) >= 11 is 1.69. The molecular formula is C13H13FO2S. The van der Waals surface area contributed by atoms with Gasteiger partial charge < -0.3 is 9.84 Å². The van der Waals surface area contributed by atoms with Gasteiger partial charge in [-0.2, -0.15) is 0 Å². The summed E-state index contributed by atoms with van der Waals surface area (Å²) < 4.78 is 18.6. The number of thiophene rings is 1. The zero-order chi connectivity index (χ0) is 12.1. The van der Waals surface area contributed by atoms with Crippen LogP contribution in [-0.4, -0.2) is 11.7 Å². The molecule has 0 radical (unpaired) electrons. The number of hydrogen-bond donors (Lipinski definition) is 1. The SMILES string of the molecule is OCc1cc(OCCc2cccs2)ccc1F. The quantitative estimate of drug-likeness (QED) is 0.886. The van der Waals surface area contributed by atoms with E-state index in [1.807, 2.05) is 11.4 Å². The molecule has 0 atom stereocenters. The number of ether oxygens (including phenoxy) is 1. The zero-order valence-electron chi connectivity index (χ0n) is 9.23. The second-order valence-corrected chi connectivity index (χ2v) is 4.62. The van der Waals surface area contributed by atoms with Crippen molar-refractivity contribution in [3.8, 4) is 5.75 Å². The number of aliphatic hydroxyl groups is 1. The molecule has 4 heteroatoms. The van der Waals surface area contributed by atoms with Crippen molar-refractivity contribution in [2.24, 2.45) is 0 Å². The van der Waals surface area contributed by atoms with Crippen molar-refractivity contribution in [2.75, 3.05) is 6.61 Å². The fourth-order valence-electron chi connectivity index (χ4n) is 1.49. The molecule has 0 saturated heterocycles. The van der Waals surface area contributed by atoms with Gasteiger partial charge in [-0.15, -0.1) is 11.3 Å². The molecule has 0 amide bonds. The van der Waals surface area contributed by atoms with Crippen molar-refractivity contribution >= 4 is 11.3 Å². The molecule has 0 unspecified atom stereocenters. The Morgan fingerprint density at radius 2 is 2.18 bits per heavy atom. The van der Waals surface area contributed by atoms with Gasteiger partial charge in [0.15, 0.2) is 0 Å². The molecule has 0 bridgehead atoms. The molecule has 0 fully saturated rings. The van der Waals surface area contributed by atoms with Crippen LogP contribution >= 0.6 is 11.3 Å². The van der Waals surface area contributed by atoms with E-state index >= 15 is 0 Å². The van der Waals surface area contributed by atoms with Gasteiger partial charge in [-0.05, 0) is 29.6 Å². The molecule has 0 aliphatic heterocycles. The Labute approximate surface area is 103 Å². The lowest BCUT2D eigenvalue weighted by Crippen LogP contribution is -2.01. The zero-order valence-corrected chi connectivity index (χ0v) is 10.0. The normalized spacial score (nSPS) is 10.5. The van der Waals surface area contributed by atoms with E-state index in [9.17, 15) is 4.39 Å². The maximum absolute atomic E-state index is 13.1. The monoisotopic (exact) mass is 252 g/mol. The molecule has 1 heterocycles. The van der Waals surface area contributed by atoms with Gasteiger partial charge in [0.1, 0.15) is 11.6 Å². The van der Waals surface area contributed by atoms with Crippen molar-refractivity contribution in [2.45, 2.75) is 13.0 Å². The summed E-state index contributed by atoms with van der Waals surface area (Å²) in [5.74, 6) is 0.185. The molecule has 17 heavy (non-hydrogen) atoms. The number of aliphatic hydroxyl groups excluding tert-OH is 1. The Morgan fingerprint density at radius 1 is 1.29 bits per heavy atom. The summed E-state index contributed by atoms with van der Waals surface area (Å²) in [5, 5.41) is 10.9. The summed E-state index contributed by atoms with van der Waals surface area (Å²) in [6, 6.07) is 8.47. The lowest BCUT2D eigenvalue weighted by molar-refractivity contribution is 0.273. The van der Waals surface area contributed by atoms with Crippen LogP contribution < -0.4 is 4.74 Å². The second-order valence-electron chi connectivity index (χ2n) is 3.59. The van der Waals surface area contributed by atoms with E-state index in [0.29, 0.717) is 12.4 Å². The van der Waals surface area contributed by atoms with Crippen LogP contribution in [0, 0.1) is 5.82 Å². The van der Waals surface area contributed by atoms with Crippen LogP contribution in [0.25, 0.3) is 0 Å². The van der Waals surface area contributed by atoms with E-state index in [-0.39, 0.29) is 12.2 Å². The van der Waals surface area contributed by atoms with E-state index in [2.05, 4.69) is 6.07 Å². The summed E-state index contributed by atoms with van der Waals surface area (Å²) in [5.41, 5.74) is 0.263. The van der Waals surface area contributed by atoms with Crippen molar-refractivity contribution in [3.63, 3.8) is 0 Å². The third-order valence-electron chi connectivity index (χ3n) is 2.38. The first kappa shape index (κ1) is 12.1. The number of hydrogen-bond acceptors (Lipinski definition) is 3. The summed E-state index contributed by atoms with van der Waals surface area (Å²) in [7, 11) is 0. The maximum atomic E-state index is 13.1. The molecule has 2 aromatic rings. The topological polar surface area (TPSA) is 29.5 Å². The van der Waals surface area contributed by atoms with Gasteiger partial charge in [0.05, 0.1) is 13.2 Å². The summed E-state index contributed by atoms with van der Waals surface area (Å²) in [4.78, 5) is 1.26. The maximum Gasteiger partial charge on any atom is 0.128 e. The van der Waals surface area contributed by atoms with Crippen molar-refractivity contribution < 1.29 is 14.2 Å². The number of benzene rings is 1. The van der Waals surface area contributed by atoms with Crippen LogP contribution in [0.1, 0.15) is 10.4 Å². The van der Waals surface area contributed by atoms with Crippen LogP contribution in [0.2, 0.25) is 0 Å². The Bertz CT molecular complexity index is 468. The smallest absolute Gasteiger partial charge is 0.128 e. The number of rotatable bonds is 5. The van der Waals surface area contributed by atoms with Crippen LogP contribution in [0.5, 0.6) is 5.75 Å². The van der Waals surface area contributed by atoms with Gasteiger partial charge in [0.2, 0.25) is 0 Å². The largest absolute Gasteiger partial charge is 0.493 e. The minimum absolute atomic E-state index is 0.263. The Morgan fingerprint density at radius 3 is 2.88 bits per heavy atom. The first-order valence-electron chi connectivity index (χ1n) is 5.34. The molecule has 1 aromatic carbocycles. The van der Waals surface area contributed by atoms with Crippen molar-refractivity contribution in [1.82, 2.24) is 0 Å². The fraction of sp³-hybridized carbons (Fsp3) is 0.231. The molecule has 1 N–H and O–H groups in total. The minimum atomic E-state index is -0.405. The highest BCUT2D eigenvalue weighted by molar-refractivity contribution is 7.09. The van der Waals surface area contributed by atoms with Gasteiger partial charge in [-0.1, -0.05) is 6.07 Å². The number of halogens is 1. The predicted octanol–water partition coefficient (Wildman–Crippen LogP) is 3.00. The predicted molar refractivity (Wildman–Crippen MR) is 65.8 cm³/mol. The Kier molecular flexibility index (Phi) is 4.12. The molecule has 0 aliphatic carbocycles. The standard InChI is InChI=1S/C13H13FO2S/c14-13-4-3-11(8-10(13)9-15)16-6-5-12-2-1-7-17-12/h1-4,7-8,15H,5-6,9H2. The highest BCUT2D eigenvalue weighted by Crippen LogP contribution is 2.17. The molecular weight excluding hydrogens is 239 g/mol. The van der Waals surface area contributed by atoms with Gasteiger partial charge in [-0.3, -0.25) is 0 Å². The Balaban J connectivity index is 1.90. The molecule has 90 valence electrons. The van der Waals surface area contributed by atoms with E-state index < -0.39 is 5.82 Å². The van der Waals surface area contributed by atoms with E-state index in [4.69, 9.17) is 9.84 Å². The lowest BCUT2D eigenvalue weighted by Gasteiger charge is -2.07. The Hall–Kier alpha value is -1.39. The third-order valence-corrected chi connectivity index (χ3v) is 3.32. The average molecular weight is 252 g/mol.